The lowest BCUT2D eigenvalue weighted by molar-refractivity contribution is 0.332. The van der Waals surface area contributed by atoms with Crippen LogP contribution in [0.4, 0.5) is 5.69 Å². The minimum Gasteiger partial charge on any atom is -0.382 e. The van der Waals surface area contributed by atoms with Gasteiger partial charge >= 0.3 is 0 Å². The third-order valence-corrected chi connectivity index (χ3v) is 5.09. The first-order valence-electron chi connectivity index (χ1n) is 7.19. The van der Waals surface area contributed by atoms with Gasteiger partial charge in [0.05, 0.1) is 29.3 Å². The monoisotopic (exact) mass is 341 g/mol. The molecule has 0 aliphatic carbocycles. The molecule has 0 aromatic carbocycles. The summed E-state index contributed by atoms with van der Waals surface area (Å²) in [6.45, 7) is 5.73. The highest BCUT2D eigenvalue weighted by Crippen LogP contribution is 2.18. The van der Waals surface area contributed by atoms with Crippen molar-refractivity contribution >= 4 is 27.1 Å². The Kier molecular flexibility index (Phi) is 5.68. The third-order valence-electron chi connectivity index (χ3n) is 3.28. The largest absolute Gasteiger partial charge is 0.382 e. The summed E-state index contributed by atoms with van der Waals surface area (Å²) in [4.78, 5) is 6.11. The van der Waals surface area contributed by atoms with E-state index in [1.54, 1.807) is 12.3 Å². The Labute approximate surface area is 137 Å². The van der Waals surface area contributed by atoms with Crippen molar-refractivity contribution in [2.45, 2.75) is 19.9 Å². The zero-order valence-electron chi connectivity index (χ0n) is 12.8. The van der Waals surface area contributed by atoms with Crippen LogP contribution in [0.1, 0.15) is 19.4 Å². The van der Waals surface area contributed by atoms with Gasteiger partial charge in [-0.1, -0.05) is 23.4 Å². The first kappa shape index (κ1) is 17.1. The van der Waals surface area contributed by atoms with E-state index in [2.05, 4.69) is 22.1 Å². The number of pyridine rings is 1. The van der Waals surface area contributed by atoms with Gasteiger partial charge in [-0.3, -0.25) is 4.90 Å². The van der Waals surface area contributed by atoms with E-state index in [0.717, 1.165) is 11.3 Å². The second-order valence-electron chi connectivity index (χ2n) is 5.58. The molecule has 7 heteroatoms. The van der Waals surface area contributed by atoms with Gasteiger partial charge in [-0.25, -0.2) is 13.4 Å². The van der Waals surface area contributed by atoms with Crippen LogP contribution in [0.2, 0.25) is 5.15 Å². The molecule has 22 heavy (non-hydrogen) atoms. The zero-order valence-corrected chi connectivity index (χ0v) is 14.3. The number of rotatable bonds is 3. The van der Waals surface area contributed by atoms with Crippen LogP contribution >= 0.6 is 11.6 Å². The molecule has 1 aliphatic heterocycles. The molecule has 0 atom stereocenters. The van der Waals surface area contributed by atoms with E-state index in [9.17, 15) is 8.42 Å². The van der Waals surface area contributed by atoms with Crippen LogP contribution in [-0.4, -0.2) is 55.5 Å². The fourth-order valence-corrected chi connectivity index (χ4v) is 3.55. The van der Waals surface area contributed by atoms with Crippen molar-refractivity contribution in [1.29, 1.82) is 0 Å². The number of hydrogen-bond acceptors (Lipinski definition) is 5. The molecule has 0 amide bonds. The molecule has 120 valence electrons. The fourth-order valence-electron chi connectivity index (χ4n) is 2.11. The van der Waals surface area contributed by atoms with E-state index in [1.807, 2.05) is 18.7 Å². The maximum Gasteiger partial charge on any atom is 0.152 e. The van der Waals surface area contributed by atoms with E-state index in [0.29, 0.717) is 24.8 Å². The molecule has 0 saturated carbocycles. The summed E-state index contributed by atoms with van der Waals surface area (Å²) in [6.07, 6.45) is 1.65. The smallest absolute Gasteiger partial charge is 0.152 e. The molecule has 0 spiro atoms. The van der Waals surface area contributed by atoms with Crippen LogP contribution < -0.4 is 5.32 Å². The van der Waals surface area contributed by atoms with E-state index < -0.39 is 9.84 Å². The molecule has 1 N–H and O–H groups in total. The van der Waals surface area contributed by atoms with Crippen LogP contribution in [-0.2, 0) is 9.84 Å². The van der Waals surface area contributed by atoms with E-state index >= 15 is 0 Å². The molecular formula is C15H20ClN3O2S. The van der Waals surface area contributed by atoms with E-state index in [4.69, 9.17) is 11.6 Å². The van der Waals surface area contributed by atoms with Gasteiger partial charge in [-0.15, -0.1) is 0 Å². The first-order valence-corrected chi connectivity index (χ1v) is 9.39. The molecule has 2 rings (SSSR count). The highest BCUT2D eigenvalue weighted by Gasteiger charge is 2.20. The summed E-state index contributed by atoms with van der Waals surface area (Å²) < 4.78 is 22.8. The van der Waals surface area contributed by atoms with Crippen molar-refractivity contribution in [2.24, 2.45) is 0 Å². The van der Waals surface area contributed by atoms with Gasteiger partial charge in [-0.2, -0.15) is 0 Å². The van der Waals surface area contributed by atoms with Crippen molar-refractivity contribution in [1.82, 2.24) is 9.88 Å². The minimum absolute atomic E-state index is 0.220. The standard InChI is InChI=1S/C15H20ClN3O2S/c1-12(2)18-14-10-15(16)17-11-13(14)4-3-5-19-6-8-22(20,21)9-7-19/h10-12H,5-9H2,1-2H3,(H,17,18). The maximum absolute atomic E-state index is 11.4. The van der Waals surface area contributed by atoms with Crippen LogP contribution in [0, 0.1) is 11.8 Å². The Bertz CT molecular complexity index is 678. The van der Waals surface area contributed by atoms with Gasteiger partial charge in [0.25, 0.3) is 0 Å². The van der Waals surface area contributed by atoms with Crippen molar-refractivity contribution in [3.8, 4) is 11.8 Å². The van der Waals surface area contributed by atoms with E-state index in [1.165, 1.54) is 0 Å². The molecule has 1 saturated heterocycles. The summed E-state index contributed by atoms with van der Waals surface area (Å²) in [5.74, 6) is 6.62. The van der Waals surface area contributed by atoms with Gasteiger partial charge in [0.2, 0.25) is 0 Å². The van der Waals surface area contributed by atoms with Crippen molar-refractivity contribution in [2.75, 3.05) is 36.5 Å². The lowest BCUT2D eigenvalue weighted by Crippen LogP contribution is -2.40. The summed E-state index contributed by atoms with van der Waals surface area (Å²) >= 11 is 5.92. The quantitative estimate of drug-likeness (QED) is 0.669. The van der Waals surface area contributed by atoms with Crippen LogP contribution in [0.15, 0.2) is 12.3 Å². The minimum atomic E-state index is -2.84. The SMILES string of the molecule is CC(C)Nc1cc(Cl)ncc1C#CCN1CCS(=O)(=O)CC1. The predicted molar refractivity (Wildman–Crippen MR) is 90.0 cm³/mol. The molecule has 0 radical (unpaired) electrons. The van der Waals surface area contributed by atoms with Crippen LogP contribution in [0.25, 0.3) is 0 Å². The molecule has 1 aromatic rings. The molecule has 1 aliphatic rings. The summed E-state index contributed by atoms with van der Waals surface area (Å²) in [5.41, 5.74) is 1.66. The fraction of sp³-hybridized carbons (Fsp3) is 0.533. The highest BCUT2D eigenvalue weighted by atomic mass is 35.5. The van der Waals surface area contributed by atoms with Crippen molar-refractivity contribution < 1.29 is 8.42 Å². The number of nitrogens with zero attached hydrogens (tertiary/aromatic N) is 2. The maximum atomic E-state index is 11.4. The zero-order chi connectivity index (χ0) is 16.2. The average molecular weight is 342 g/mol. The molecule has 5 nitrogen and oxygen atoms in total. The number of hydrogen-bond donors (Lipinski definition) is 1. The Morgan fingerprint density at radius 2 is 2.09 bits per heavy atom. The number of sulfone groups is 1. The number of aromatic nitrogens is 1. The van der Waals surface area contributed by atoms with Crippen LogP contribution in [0.5, 0.6) is 0 Å². The molecule has 1 aromatic heterocycles. The second-order valence-corrected chi connectivity index (χ2v) is 8.27. The van der Waals surface area contributed by atoms with Crippen molar-refractivity contribution in [3.05, 3.63) is 23.0 Å². The van der Waals surface area contributed by atoms with Gasteiger partial charge in [-0.05, 0) is 19.9 Å². The second kappa shape index (κ2) is 7.32. The first-order chi connectivity index (χ1) is 10.4. The number of nitrogens with one attached hydrogen (secondary N) is 1. The van der Waals surface area contributed by atoms with Crippen LogP contribution in [0.3, 0.4) is 0 Å². The number of anilines is 1. The lowest BCUT2D eigenvalue weighted by atomic mass is 10.2. The summed E-state index contributed by atoms with van der Waals surface area (Å²) in [6, 6.07) is 2.03. The molecule has 1 fully saturated rings. The van der Waals surface area contributed by atoms with E-state index in [-0.39, 0.29) is 17.5 Å². The lowest BCUT2D eigenvalue weighted by Gasteiger charge is -2.24. The molecule has 0 unspecified atom stereocenters. The predicted octanol–water partition coefficient (Wildman–Crippen LogP) is 1.64. The Balaban J connectivity index is 2.02. The summed E-state index contributed by atoms with van der Waals surface area (Å²) in [7, 11) is -2.84. The van der Waals surface area contributed by atoms with Gasteiger partial charge < -0.3 is 5.32 Å². The molecular weight excluding hydrogens is 322 g/mol. The van der Waals surface area contributed by atoms with Crippen molar-refractivity contribution in [3.63, 3.8) is 0 Å². The number of halogens is 1. The Hall–Kier alpha value is -1.29. The Morgan fingerprint density at radius 1 is 1.41 bits per heavy atom. The molecule has 2 heterocycles. The Morgan fingerprint density at radius 3 is 2.73 bits per heavy atom. The van der Waals surface area contributed by atoms with Gasteiger partial charge in [0, 0.05) is 25.3 Å². The molecule has 0 bridgehead atoms. The topological polar surface area (TPSA) is 62.3 Å². The summed E-state index contributed by atoms with van der Waals surface area (Å²) in [5, 5.41) is 3.72. The normalized spacial score (nSPS) is 17.8. The third kappa shape index (κ3) is 5.16. The average Bonchev–Trinajstić information content (AvgIpc) is 2.42. The van der Waals surface area contributed by atoms with Gasteiger partial charge in [0.15, 0.2) is 9.84 Å². The van der Waals surface area contributed by atoms with Gasteiger partial charge in [0.1, 0.15) is 5.15 Å². The highest BCUT2D eigenvalue weighted by molar-refractivity contribution is 7.91.